The third-order valence-electron chi connectivity index (χ3n) is 8.10. The summed E-state index contributed by atoms with van der Waals surface area (Å²) < 4.78 is 1.64. The number of nitrogens with one attached hydrogen (secondary N) is 4. The molecule has 0 saturated carbocycles. The largest absolute Gasteiger partial charge is 0.465 e. The molecule has 2 aromatic carbocycles. The Morgan fingerprint density at radius 3 is 2.35 bits per heavy atom. The number of carboxylic acid groups (broad SMARTS) is 1. The van der Waals surface area contributed by atoms with E-state index in [0.29, 0.717) is 28.5 Å². The van der Waals surface area contributed by atoms with E-state index in [4.69, 9.17) is 4.98 Å². The van der Waals surface area contributed by atoms with Crippen molar-refractivity contribution >= 4 is 46.6 Å². The number of carbonyl (C=O) groups is 3. The maximum absolute atomic E-state index is 12.1. The molecule has 1 aliphatic rings. The van der Waals surface area contributed by atoms with Crippen molar-refractivity contribution in [2.45, 2.75) is 84.3 Å². The molecule has 1 unspecified atom stereocenters. The molecule has 1 saturated heterocycles. The molecule has 0 aliphatic carbocycles. The lowest BCUT2D eigenvalue weighted by Crippen LogP contribution is -2.50. The molecule has 1 atom stereocenters. The summed E-state index contributed by atoms with van der Waals surface area (Å²) in [7, 11) is 0. The monoisotopic (exact) mass is 668 g/mol. The fraction of sp³-hybridized carbons (Fsp3) is 0.378. The summed E-state index contributed by atoms with van der Waals surface area (Å²) in [6.45, 7) is 18.4. The zero-order valence-electron chi connectivity index (χ0n) is 29.4. The Morgan fingerprint density at radius 1 is 1.06 bits per heavy atom. The first-order valence-electron chi connectivity index (χ1n) is 16.4. The van der Waals surface area contributed by atoms with E-state index < -0.39 is 11.6 Å². The van der Waals surface area contributed by atoms with Gasteiger partial charge >= 0.3 is 6.09 Å². The van der Waals surface area contributed by atoms with Crippen LogP contribution in [0.15, 0.2) is 79.5 Å². The summed E-state index contributed by atoms with van der Waals surface area (Å²) >= 11 is 0. The van der Waals surface area contributed by atoms with Crippen LogP contribution in [0.2, 0.25) is 0 Å². The third-order valence-corrected chi connectivity index (χ3v) is 8.10. The van der Waals surface area contributed by atoms with Gasteiger partial charge in [0.15, 0.2) is 5.65 Å². The lowest BCUT2D eigenvalue weighted by molar-refractivity contribution is -0.111. The van der Waals surface area contributed by atoms with Crippen molar-refractivity contribution in [3.63, 3.8) is 0 Å². The van der Waals surface area contributed by atoms with Crippen LogP contribution in [0.1, 0.15) is 83.1 Å². The van der Waals surface area contributed by atoms with Crippen molar-refractivity contribution in [2.75, 3.05) is 27.4 Å². The number of anilines is 4. The van der Waals surface area contributed by atoms with Gasteiger partial charge < -0.3 is 26.4 Å². The molecule has 1 fully saturated rings. The van der Waals surface area contributed by atoms with E-state index in [0.717, 1.165) is 30.6 Å². The van der Waals surface area contributed by atoms with Crippen LogP contribution in [0.4, 0.5) is 27.8 Å². The van der Waals surface area contributed by atoms with Crippen LogP contribution in [0.3, 0.4) is 0 Å². The number of hydrogen-bond donors (Lipinski definition) is 5. The van der Waals surface area contributed by atoms with Crippen LogP contribution in [-0.4, -0.2) is 61.3 Å². The standard InChI is InChI=1S/C21H34N6O2.C16H14N2O2/c1-13(2)15-12-23-27-17(26(19(28)29)20(3,4)5)10-16(25-18(15)27)24-14-8-9-21(6,7)22-11-14;1-2-15(19)17-14-10-6-7-12(11-14)16(20)18-13-8-4-3-5-9-13/h10,12-14,22H,8-9,11H2,1-7H3,(H,24,25)(H,28,29);2-11H,1H2,(H,17,19)(H,18,20). The molecule has 49 heavy (non-hydrogen) atoms. The number of carbonyl (C=O) groups excluding carboxylic acids is 2. The zero-order chi connectivity index (χ0) is 35.9. The molecule has 260 valence electrons. The van der Waals surface area contributed by atoms with Crippen LogP contribution in [-0.2, 0) is 4.79 Å². The van der Waals surface area contributed by atoms with Gasteiger partial charge in [-0.15, -0.1) is 0 Å². The number of benzene rings is 2. The molecule has 0 radical (unpaired) electrons. The molecule has 0 bridgehead atoms. The van der Waals surface area contributed by atoms with Crippen LogP contribution in [0.25, 0.3) is 5.65 Å². The Labute approximate surface area is 288 Å². The maximum Gasteiger partial charge on any atom is 0.413 e. The van der Waals surface area contributed by atoms with E-state index in [1.54, 1.807) is 53.2 Å². The number of amides is 3. The smallest absolute Gasteiger partial charge is 0.413 e. The van der Waals surface area contributed by atoms with E-state index in [2.05, 4.69) is 60.6 Å². The van der Waals surface area contributed by atoms with Crippen molar-refractivity contribution in [3.8, 4) is 0 Å². The third kappa shape index (κ3) is 9.66. The van der Waals surface area contributed by atoms with Crippen LogP contribution in [0, 0.1) is 0 Å². The average molecular weight is 669 g/mol. The number of fused-ring (bicyclic) bond motifs is 1. The highest BCUT2D eigenvalue weighted by Crippen LogP contribution is 2.31. The van der Waals surface area contributed by atoms with Crippen molar-refractivity contribution in [1.29, 1.82) is 0 Å². The Balaban J connectivity index is 0.000000237. The number of hydrogen-bond acceptors (Lipinski definition) is 7. The minimum Gasteiger partial charge on any atom is -0.465 e. The summed E-state index contributed by atoms with van der Waals surface area (Å²) in [4.78, 5) is 41.6. The molecule has 4 aromatic rings. The zero-order valence-corrected chi connectivity index (χ0v) is 29.4. The van der Waals surface area contributed by atoms with Gasteiger partial charge in [-0.05, 0) is 89.8 Å². The summed E-state index contributed by atoms with van der Waals surface area (Å²) in [5.74, 6) is 0.857. The molecule has 5 N–H and O–H groups in total. The Hall–Kier alpha value is -5.23. The number of aromatic nitrogens is 3. The molecule has 12 heteroatoms. The van der Waals surface area contributed by atoms with Gasteiger partial charge in [0.2, 0.25) is 5.91 Å². The van der Waals surface area contributed by atoms with E-state index in [-0.39, 0.29) is 29.3 Å². The highest BCUT2D eigenvalue weighted by Gasteiger charge is 2.32. The molecule has 3 heterocycles. The van der Waals surface area contributed by atoms with Gasteiger partial charge in [0.05, 0.1) is 6.20 Å². The van der Waals surface area contributed by atoms with Crippen molar-refractivity contribution in [2.24, 2.45) is 0 Å². The van der Waals surface area contributed by atoms with E-state index in [1.165, 1.54) is 11.0 Å². The SMILES string of the molecule is C=CC(=O)Nc1cccc(C(=O)Nc2ccccc2)c1.CC(C)c1cnn2c(N(C(=O)O)C(C)(C)C)cc(NC3CCC(C)(C)NC3)nc12. The van der Waals surface area contributed by atoms with Crippen LogP contribution >= 0.6 is 0 Å². The Morgan fingerprint density at radius 2 is 1.76 bits per heavy atom. The minimum absolute atomic E-state index is 0.142. The summed E-state index contributed by atoms with van der Waals surface area (Å²) in [5.41, 5.74) is 2.95. The van der Waals surface area contributed by atoms with Crippen LogP contribution in [0.5, 0.6) is 0 Å². The van der Waals surface area contributed by atoms with Gasteiger partial charge in [0.1, 0.15) is 11.6 Å². The second-order valence-electron chi connectivity index (χ2n) is 14.0. The predicted molar refractivity (Wildman–Crippen MR) is 196 cm³/mol. The van der Waals surface area contributed by atoms with E-state index in [9.17, 15) is 19.5 Å². The van der Waals surface area contributed by atoms with Crippen molar-refractivity contribution in [3.05, 3.63) is 90.6 Å². The minimum atomic E-state index is -1.02. The molecule has 2 aromatic heterocycles. The summed E-state index contributed by atoms with van der Waals surface area (Å²) in [6.07, 6.45) is 4.04. The second kappa shape index (κ2) is 15.3. The van der Waals surface area contributed by atoms with Gasteiger partial charge in [-0.25, -0.2) is 9.78 Å². The number of para-hydroxylation sites is 1. The first-order chi connectivity index (χ1) is 23.1. The molecular formula is C37H48N8O4. The lowest BCUT2D eigenvalue weighted by atomic mass is 9.91. The molecule has 12 nitrogen and oxygen atoms in total. The topological polar surface area (TPSA) is 153 Å². The number of piperidine rings is 1. The van der Waals surface area contributed by atoms with E-state index in [1.807, 2.05) is 39.0 Å². The molecule has 0 spiro atoms. The van der Waals surface area contributed by atoms with Gasteiger partial charge in [0.25, 0.3) is 5.91 Å². The Kier molecular flexibility index (Phi) is 11.5. The fourth-order valence-corrected chi connectivity index (χ4v) is 5.45. The van der Waals surface area contributed by atoms with E-state index >= 15 is 0 Å². The Bertz CT molecular complexity index is 1780. The predicted octanol–water partition coefficient (Wildman–Crippen LogP) is 7.14. The quantitative estimate of drug-likeness (QED) is 0.124. The first kappa shape index (κ1) is 36.6. The highest BCUT2D eigenvalue weighted by atomic mass is 16.4. The maximum atomic E-state index is 12.1. The summed E-state index contributed by atoms with van der Waals surface area (Å²) in [5, 5.41) is 26.9. The molecule has 5 rings (SSSR count). The lowest BCUT2D eigenvalue weighted by Gasteiger charge is -2.36. The van der Waals surface area contributed by atoms with Crippen molar-refractivity contribution < 1.29 is 19.5 Å². The highest BCUT2D eigenvalue weighted by molar-refractivity contribution is 6.06. The normalized spacial score (nSPS) is 15.5. The van der Waals surface area contributed by atoms with Crippen LogP contribution < -0.4 is 26.2 Å². The van der Waals surface area contributed by atoms with Crippen molar-refractivity contribution in [1.82, 2.24) is 19.9 Å². The number of nitrogens with zero attached hydrogens (tertiary/aromatic N) is 4. The first-order valence-corrected chi connectivity index (χ1v) is 16.4. The second-order valence-corrected chi connectivity index (χ2v) is 14.0. The van der Waals surface area contributed by atoms with Gasteiger partial charge in [-0.1, -0.05) is 44.7 Å². The molecule has 1 aliphatic heterocycles. The molecule has 3 amide bonds. The van der Waals surface area contributed by atoms with Gasteiger partial charge in [-0.2, -0.15) is 9.61 Å². The van der Waals surface area contributed by atoms with Gasteiger partial charge in [-0.3, -0.25) is 14.5 Å². The average Bonchev–Trinajstić information content (AvgIpc) is 3.47. The molecular weight excluding hydrogens is 620 g/mol. The summed E-state index contributed by atoms with van der Waals surface area (Å²) in [6, 6.07) is 17.9. The number of rotatable bonds is 8. The fourth-order valence-electron chi connectivity index (χ4n) is 5.45. The van der Waals surface area contributed by atoms with Gasteiger partial charge in [0, 0.05) is 52.2 Å².